The molecule has 1 saturated heterocycles. The highest BCUT2D eigenvalue weighted by atomic mass is 15.1. The van der Waals surface area contributed by atoms with E-state index in [9.17, 15) is 0 Å². The predicted octanol–water partition coefficient (Wildman–Crippen LogP) is 1.97. The van der Waals surface area contributed by atoms with E-state index >= 15 is 0 Å². The Bertz CT molecular complexity index is 332. The highest BCUT2D eigenvalue weighted by molar-refractivity contribution is 5.16. The lowest BCUT2D eigenvalue weighted by molar-refractivity contribution is 0.229. The zero-order valence-corrected chi connectivity index (χ0v) is 10.8. The summed E-state index contributed by atoms with van der Waals surface area (Å²) < 4.78 is 0. The van der Waals surface area contributed by atoms with Crippen LogP contribution in [0.3, 0.4) is 0 Å². The average Bonchev–Trinajstić information content (AvgIpc) is 2.36. The van der Waals surface area contributed by atoms with E-state index in [1.807, 2.05) is 12.4 Å². The Morgan fingerprint density at radius 2 is 2.06 bits per heavy atom. The van der Waals surface area contributed by atoms with Crippen LogP contribution in [0.25, 0.3) is 0 Å². The molecular weight excluding hydrogens is 210 g/mol. The maximum Gasteiger partial charge on any atom is 0.0313 e. The Morgan fingerprint density at radius 3 is 2.82 bits per heavy atom. The predicted molar refractivity (Wildman–Crippen MR) is 71.0 cm³/mol. The van der Waals surface area contributed by atoms with E-state index in [2.05, 4.69) is 28.2 Å². The van der Waals surface area contributed by atoms with Crippen LogP contribution in [0.1, 0.15) is 30.4 Å². The molecule has 17 heavy (non-hydrogen) atoms. The van der Waals surface area contributed by atoms with Gasteiger partial charge in [-0.3, -0.25) is 4.98 Å². The first-order chi connectivity index (χ1) is 8.34. The molecule has 0 amide bonds. The van der Waals surface area contributed by atoms with Crippen molar-refractivity contribution in [3.8, 4) is 0 Å². The second-order valence-electron chi connectivity index (χ2n) is 4.95. The van der Waals surface area contributed by atoms with Crippen LogP contribution in [0.2, 0.25) is 0 Å². The van der Waals surface area contributed by atoms with Gasteiger partial charge in [0.25, 0.3) is 0 Å². The second kappa shape index (κ2) is 6.72. The normalized spacial score (nSPS) is 17.2. The fraction of sp³-hybridized carbons (Fsp3) is 0.643. The Morgan fingerprint density at radius 1 is 1.24 bits per heavy atom. The van der Waals surface area contributed by atoms with Crippen molar-refractivity contribution in [3.05, 3.63) is 29.6 Å². The number of likely N-dealkylation sites (tertiary alicyclic amines) is 1. The van der Waals surface area contributed by atoms with Crippen LogP contribution in [0.15, 0.2) is 18.5 Å². The summed E-state index contributed by atoms with van der Waals surface area (Å²) in [6.07, 6.45) is 8.01. The van der Waals surface area contributed by atoms with E-state index in [0.717, 1.165) is 13.1 Å². The molecule has 0 saturated carbocycles. The summed E-state index contributed by atoms with van der Waals surface area (Å²) in [7, 11) is 0. The highest BCUT2D eigenvalue weighted by Gasteiger charge is 2.08. The number of hydrogen-bond donors (Lipinski definition) is 1. The number of nitrogens with one attached hydrogen (secondary N) is 1. The molecule has 1 aromatic rings. The summed E-state index contributed by atoms with van der Waals surface area (Å²) >= 11 is 0. The van der Waals surface area contributed by atoms with Crippen molar-refractivity contribution in [2.24, 2.45) is 0 Å². The Labute approximate surface area is 104 Å². The molecule has 0 bridgehead atoms. The zero-order valence-electron chi connectivity index (χ0n) is 10.8. The number of rotatable bonds is 5. The molecule has 3 nitrogen and oxygen atoms in total. The SMILES string of the molecule is Cc1cncc(CNCCN2CCCCC2)c1. The molecule has 0 aromatic carbocycles. The fourth-order valence-corrected chi connectivity index (χ4v) is 2.37. The first-order valence-electron chi connectivity index (χ1n) is 6.68. The Kier molecular flexibility index (Phi) is 4.95. The van der Waals surface area contributed by atoms with Gasteiger partial charge in [-0.1, -0.05) is 12.5 Å². The lowest BCUT2D eigenvalue weighted by Gasteiger charge is -2.26. The van der Waals surface area contributed by atoms with Crippen LogP contribution in [-0.2, 0) is 6.54 Å². The summed E-state index contributed by atoms with van der Waals surface area (Å²) in [6, 6.07) is 2.20. The van der Waals surface area contributed by atoms with Crippen molar-refractivity contribution in [2.45, 2.75) is 32.7 Å². The van der Waals surface area contributed by atoms with Crippen LogP contribution in [-0.4, -0.2) is 36.1 Å². The van der Waals surface area contributed by atoms with Crippen LogP contribution in [0.4, 0.5) is 0 Å². The van der Waals surface area contributed by atoms with Gasteiger partial charge in [0.05, 0.1) is 0 Å². The van der Waals surface area contributed by atoms with Gasteiger partial charge in [0, 0.05) is 32.0 Å². The summed E-state index contributed by atoms with van der Waals surface area (Å²) in [5.74, 6) is 0. The third kappa shape index (κ3) is 4.44. The van der Waals surface area contributed by atoms with E-state index in [1.54, 1.807) is 0 Å². The van der Waals surface area contributed by atoms with Crippen LogP contribution in [0, 0.1) is 6.92 Å². The lowest BCUT2D eigenvalue weighted by Crippen LogP contribution is -2.35. The van der Waals surface area contributed by atoms with E-state index in [0.29, 0.717) is 0 Å². The molecule has 0 atom stereocenters. The highest BCUT2D eigenvalue weighted by Crippen LogP contribution is 2.07. The van der Waals surface area contributed by atoms with Gasteiger partial charge in [0.15, 0.2) is 0 Å². The summed E-state index contributed by atoms with van der Waals surface area (Å²) in [5.41, 5.74) is 2.52. The van der Waals surface area contributed by atoms with Crippen molar-refractivity contribution in [3.63, 3.8) is 0 Å². The van der Waals surface area contributed by atoms with Gasteiger partial charge in [0.1, 0.15) is 0 Å². The lowest BCUT2D eigenvalue weighted by atomic mass is 10.1. The van der Waals surface area contributed by atoms with Gasteiger partial charge < -0.3 is 10.2 Å². The monoisotopic (exact) mass is 233 g/mol. The molecule has 0 unspecified atom stereocenters. The smallest absolute Gasteiger partial charge is 0.0313 e. The van der Waals surface area contributed by atoms with Gasteiger partial charge in [-0.25, -0.2) is 0 Å². The molecule has 1 aliphatic rings. The van der Waals surface area contributed by atoms with Gasteiger partial charge >= 0.3 is 0 Å². The van der Waals surface area contributed by atoms with Crippen LogP contribution in [0.5, 0.6) is 0 Å². The molecule has 3 heteroatoms. The van der Waals surface area contributed by atoms with Gasteiger partial charge in [-0.15, -0.1) is 0 Å². The van der Waals surface area contributed by atoms with E-state index in [-0.39, 0.29) is 0 Å². The van der Waals surface area contributed by atoms with Gasteiger partial charge in [0.2, 0.25) is 0 Å². The number of piperidine rings is 1. The van der Waals surface area contributed by atoms with Crippen molar-refractivity contribution >= 4 is 0 Å². The first-order valence-corrected chi connectivity index (χ1v) is 6.68. The van der Waals surface area contributed by atoms with Crippen LogP contribution < -0.4 is 5.32 Å². The minimum absolute atomic E-state index is 0.933. The largest absolute Gasteiger partial charge is 0.311 e. The third-order valence-electron chi connectivity index (χ3n) is 3.31. The van der Waals surface area contributed by atoms with Gasteiger partial charge in [-0.05, 0) is 44.0 Å². The second-order valence-corrected chi connectivity index (χ2v) is 4.95. The van der Waals surface area contributed by atoms with E-state index in [1.165, 1.54) is 50.0 Å². The quantitative estimate of drug-likeness (QED) is 0.788. The molecule has 1 aromatic heterocycles. The maximum absolute atomic E-state index is 4.20. The van der Waals surface area contributed by atoms with E-state index in [4.69, 9.17) is 0 Å². The Balaban J connectivity index is 1.62. The summed E-state index contributed by atoms with van der Waals surface area (Å²) in [5, 5.41) is 3.49. The van der Waals surface area contributed by atoms with E-state index < -0.39 is 0 Å². The summed E-state index contributed by atoms with van der Waals surface area (Å²) in [6.45, 7) is 7.85. The molecule has 0 aliphatic carbocycles. The van der Waals surface area contributed by atoms with Crippen molar-refractivity contribution in [1.82, 2.24) is 15.2 Å². The molecule has 2 heterocycles. The number of nitrogens with zero attached hydrogens (tertiary/aromatic N) is 2. The molecule has 0 radical (unpaired) electrons. The first kappa shape index (κ1) is 12.5. The molecule has 1 fully saturated rings. The molecule has 1 aliphatic heterocycles. The molecular formula is C14H23N3. The standard InChI is InChI=1S/C14H23N3/c1-13-9-14(12-16-10-13)11-15-5-8-17-6-3-2-4-7-17/h9-10,12,15H,2-8,11H2,1H3. The zero-order chi connectivity index (χ0) is 11.9. The average molecular weight is 233 g/mol. The molecule has 1 N–H and O–H groups in total. The van der Waals surface area contributed by atoms with Crippen molar-refractivity contribution in [1.29, 1.82) is 0 Å². The molecule has 94 valence electrons. The summed E-state index contributed by atoms with van der Waals surface area (Å²) in [4.78, 5) is 6.76. The van der Waals surface area contributed by atoms with Crippen LogP contribution >= 0.6 is 0 Å². The Hall–Kier alpha value is -0.930. The van der Waals surface area contributed by atoms with Crippen molar-refractivity contribution in [2.75, 3.05) is 26.2 Å². The van der Waals surface area contributed by atoms with Gasteiger partial charge in [-0.2, -0.15) is 0 Å². The topological polar surface area (TPSA) is 28.2 Å². The van der Waals surface area contributed by atoms with Crippen molar-refractivity contribution < 1.29 is 0 Å². The maximum atomic E-state index is 4.20. The molecule has 0 spiro atoms. The number of hydrogen-bond acceptors (Lipinski definition) is 3. The third-order valence-corrected chi connectivity index (χ3v) is 3.31. The molecule has 2 rings (SSSR count). The number of aryl methyl sites for hydroxylation is 1. The number of aromatic nitrogens is 1. The minimum atomic E-state index is 0.933. The fourth-order valence-electron chi connectivity index (χ4n) is 2.37. The minimum Gasteiger partial charge on any atom is -0.311 e. The number of pyridine rings is 1.